The SMILES string of the molecule is CC(NC(=O)CC1CSCCN1)C(C)c1ccccc1.Cl. The molecule has 0 spiro atoms. The molecule has 3 nitrogen and oxygen atoms in total. The Hall–Kier alpha value is -0.710. The fourth-order valence-electron chi connectivity index (χ4n) is 2.46. The van der Waals surface area contributed by atoms with Crippen LogP contribution in [-0.4, -0.2) is 36.0 Å². The van der Waals surface area contributed by atoms with Crippen molar-refractivity contribution in [1.29, 1.82) is 0 Å². The standard InChI is InChI=1S/C16H24N2OS.ClH/c1-12(14-6-4-3-5-7-14)13(2)18-16(19)10-15-11-20-9-8-17-15;/h3-7,12-13,15,17H,8-11H2,1-2H3,(H,18,19);1H. The lowest BCUT2D eigenvalue weighted by molar-refractivity contribution is -0.122. The summed E-state index contributed by atoms with van der Waals surface area (Å²) >= 11 is 1.92. The first-order valence-electron chi connectivity index (χ1n) is 7.32. The van der Waals surface area contributed by atoms with Crippen LogP contribution in [0.4, 0.5) is 0 Å². The van der Waals surface area contributed by atoms with Gasteiger partial charge in [-0.25, -0.2) is 0 Å². The van der Waals surface area contributed by atoms with E-state index < -0.39 is 0 Å². The third-order valence-corrected chi connectivity index (χ3v) is 5.03. The molecule has 1 aliphatic heterocycles. The summed E-state index contributed by atoms with van der Waals surface area (Å²) in [5.74, 6) is 2.67. The van der Waals surface area contributed by atoms with Gasteiger partial charge in [0, 0.05) is 42.5 Å². The van der Waals surface area contributed by atoms with Gasteiger partial charge in [-0.1, -0.05) is 37.3 Å². The average molecular weight is 329 g/mol. The molecule has 1 fully saturated rings. The van der Waals surface area contributed by atoms with Crippen LogP contribution >= 0.6 is 24.2 Å². The Morgan fingerprint density at radius 2 is 2.10 bits per heavy atom. The third-order valence-electron chi connectivity index (χ3n) is 3.89. The summed E-state index contributed by atoms with van der Waals surface area (Å²) in [5.41, 5.74) is 1.27. The van der Waals surface area contributed by atoms with Gasteiger partial charge in [0.25, 0.3) is 0 Å². The lowest BCUT2D eigenvalue weighted by atomic mass is 9.94. The molecule has 118 valence electrons. The number of benzene rings is 1. The summed E-state index contributed by atoms with van der Waals surface area (Å²) in [7, 11) is 0. The number of rotatable bonds is 5. The molecule has 1 aromatic carbocycles. The van der Waals surface area contributed by atoms with Crippen molar-refractivity contribution < 1.29 is 4.79 Å². The number of halogens is 1. The maximum Gasteiger partial charge on any atom is 0.221 e. The summed E-state index contributed by atoms with van der Waals surface area (Å²) in [6.45, 7) is 5.26. The Bertz CT molecular complexity index is 424. The molecule has 0 aliphatic carbocycles. The van der Waals surface area contributed by atoms with Crippen molar-refractivity contribution >= 4 is 30.1 Å². The number of hydrogen-bond donors (Lipinski definition) is 2. The highest BCUT2D eigenvalue weighted by molar-refractivity contribution is 7.99. The molecule has 0 bridgehead atoms. The van der Waals surface area contributed by atoms with E-state index in [9.17, 15) is 4.79 Å². The summed E-state index contributed by atoms with van der Waals surface area (Å²) in [6.07, 6.45) is 0.582. The monoisotopic (exact) mass is 328 g/mol. The molecular formula is C16H25ClN2OS. The predicted molar refractivity (Wildman–Crippen MR) is 93.4 cm³/mol. The van der Waals surface area contributed by atoms with E-state index in [1.807, 2.05) is 30.0 Å². The van der Waals surface area contributed by atoms with Crippen LogP contribution < -0.4 is 10.6 Å². The molecule has 1 saturated heterocycles. The van der Waals surface area contributed by atoms with Crippen molar-refractivity contribution in [3.05, 3.63) is 35.9 Å². The van der Waals surface area contributed by atoms with E-state index in [4.69, 9.17) is 0 Å². The number of thioether (sulfide) groups is 1. The number of carbonyl (C=O) groups is 1. The van der Waals surface area contributed by atoms with Gasteiger partial charge >= 0.3 is 0 Å². The second kappa shape index (κ2) is 9.34. The number of hydrogen-bond acceptors (Lipinski definition) is 3. The molecule has 2 N–H and O–H groups in total. The molecule has 0 radical (unpaired) electrons. The van der Waals surface area contributed by atoms with Gasteiger partial charge in [-0.15, -0.1) is 12.4 Å². The van der Waals surface area contributed by atoms with Crippen LogP contribution in [0.2, 0.25) is 0 Å². The van der Waals surface area contributed by atoms with Gasteiger partial charge in [0.1, 0.15) is 0 Å². The minimum absolute atomic E-state index is 0. The van der Waals surface area contributed by atoms with Crippen molar-refractivity contribution in [2.75, 3.05) is 18.1 Å². The fourth-order valence-corrected chi connectivity index (χ4v) is 3.41. The molecule has 3 atom stereocenters. The minimum Gasteiger partial charge on any atom is -0.353 e. The normalized spacial score (nSPS) is 21.0. The summed E-state index contributed by atoms with van der Waals surface area (Å²) in [4.78, 5) is 12.1. The molecule has 3 unspecified atom stereocenters. The van der Waals surface area contributed by atoms with E-state index >= 15 is 0 Å². The van der Waals surface area contributed by atoms with Crippen LogP contribution in [-0.2, 0) is 4.79 Å². The largest absolute Gasteiger partial charge is 0.353 e. The van der Waals surface area contributed by atoms with Crippen LogP contribution in [0.15, 0.2) is 30.3 Å². The highest BCUT2D eigenvalue weighted by atomic mass is 35.5. The molecule has 1 amide bonds. The van der Waals surface area contributed by atoms with Crippen molar-refractivity contribution in [2.24, 2.45) is 0 Å². The van der Waals surface area contributed by atoms with E-state index in [-0.39, 0.29) is 24.4 Å². The van der Waals surface area contributed by atoms with Crippen molar-refractivity contribution in [1.82, 2.24) is 10.6 Å². The maximum absolute atomic E-state index is 12.1. The molecule has 2 rings (SSSR count). The van der Waals surface area contributed by atoms with Crippen LogP contribution in [0.1, 0.15) is 31.7 Å². The molecule has 1 aromatic rings. The third kappa shape index (κ3) is 5.89. The first-order valence-corrected chi connectivity index (χ1v) is 8.47. The van der Waals surface area contributed by atoms with E-state index in [2.05, 4.69) is 36.6 Å². The molecule has 0 aromatic heterocycles. The van der Waals surface area contributed by atoms with Gasteiger partial charge in [-0.3, -0.25) is 4.79 Å². The minimum atomic E-state index is 0. The quantitative estimate of drug-likeness (QED) is 0.873. The second-order valence-corrected chi connectivity index (χ2v) is 6.64. The average Bonchev–Trinajstić information content (AvgIpc) is 2.48. The van der Waals surface area contributed by atoms with Gasteiger partial charge in [0.2, 0.25) is 5.91 Å². The second-order valence-electron chi connectivity index (χ2n) is 5.49. The molecule has 0 saturated carbocycles. The number of carbonyl (C=O) groups excluding carboxylic acids is 1. The molecule has 1 heterocycles. The summed E-state index contributed by atoms with van der Waals surface area (Å²) in [5, 5.41) is 6.54. The van der Waals surface area contributed by atoms with Gasteiger partial charge in [-0.05, 0) is 12.5 Å². The van der Waals surface area contributed by atoms with Crippen LogP contribution in [0.25, 0.3) is 0 Å². The first kappa shape index (κ1) is 18.3. The first-order chi connectivity index (χ1) is 9.66. The Morgan fingerprint density at radius 1 is 1.38 bits per heavy atom. The van der Waals surface area contributed by atoms with Gasteiger partial charge < -0.3 is 10.6 Å². The molecular weight excluding hydrogens is 304 g/mol. The van der Waals surface area contributed by atoms with Crippen molar-refractivity contribution in [2.45, 2.75) is 38.3 Å². The zero-order valence-electron chi connectivity index (χ0n) is 12.7. The van der Waals surface area contributed by atoms with Crippen LogP contribution in [0.3, 0.4) is 0 Å². The molecule has 5 heteroatoms. The Labute approximate surface area is 138 Å². The lowest BCUT2D eigenvalue weighted by Crippen LogP contribution is -2.44. The fraction of sp³-hybridized carbons (Fsp3) is 0.562. The number of amides is 1. The molecule has 1 aliphatic rings. The zero-order valence-corrected chi connectivity index (χ0v) is 14.3. The highest BCUT2D eigenvalue weighted by Gasteiger charge is 2.20. The molecule has 21 heavy (non-hydrogen) atoms. The van der Waals surface area contributed by atoms with Gasteiger partial charge in [0.05, 0.1) is 0 Å². The smallest absolute Gasteiger partial charge is 0.221 e. The number of nitrogens with one attached hydrogen (secondary N) is 2. The van der Waals surface area contributed by atoms with E-state index in [0.29, 0.717) is 18.4 Å². The summed E-state index contributed by atoms with van der Waals surface area (Å²) < 4.78 is 0. The zero-order chi connectivity index (χ0) is 14.4. The van der Waals surface area contributed by atoms with Gasteiger partial charge in [-0.2, -0.15) is 11.8 Å². The van der Waals surface area contributed by atoms with Crippen LogP contribution in [0, 0.1) is 0 Å². The lowest BCUT2D eigenvalue weighted by Gasteiger charge is -2.25. The predicted octanol–water partition coefficient (Wildman–Crippen LogP) is 2.81. The van der Waals surface area contributed by atoms with Crippen molar-refractivity contribution in [3.8, 4) is 0 Å². The van der Waals surface area contributed by atoms with E-state index in [1.165, 1.54) is 5.56 Å². The Balaban J connectivity index is 0.00000220. The topological polar surface area (TPSA) is 41.1 Å². The summed E-state index contributed by atoms with van der Waals surface area (Å²) in [6, 6.07) is 10.8. The highest BCUT2D eigenvalue weighted by Crippen LogP contribution is 2.19. The maximum atomic E-state index is 12.1. The van der Waals surface area contributed by atoms with E-state index in [0.717, 1.165) is 18.1 Å². The van der Waals surface area contributed by atoms with E-state index in [1.54, 1.807) is 0 Å². The van der Waals surface area contributed by atoms with Crippen LogP contribution in [0.5, 0.6) is 0 Å². The Kier molecular flexibility index (Phi) is 8.15. The van der Waals surface area contributed by atoms with Crippen molar-refractivity contribution in [3.63, 3.8) is 0 Å². The van der Waals surface area contributed by atoms with Gasteiger partial charge in [0.15, 0.2) is 0 Å². The Morgan fingerprint density at radius 3 is 2.71 bits per heavy atom.